The minimum atomic E-state index is 0.892. The zero-order valence-electron chi connectivity index (χ0n) is 12.7. The summed E-state index contributed by atoms with van der Waals surface area (Å²) in [5.41, 5.74) is 0. The lowest BCUT2D eigenvalue weighted by atomic mass is 10.3. The van der Waals surface area contributed by atoms with Gasteiger partial charge in [-0.25, -0.2) is 9.97 Å². The van der Waals surface area contributed by atoms with E-state index in [1.54, 1.807) is 0 Å². The Bertz CT molecular complexity index is 365. The first-order valence-electron chi connectivity index (χ1n) is 7.16. The van der Waals surface area contributed by atoms with E-state index in [9.17, 15) is 0 Å². The van der Waals surface area contributed by atoms with E-state index >= 15 is 0 Å². The van der Waals surface area contributed by atoms with Gasteiger partial charge in [0.05, 0.1) is 0 Å². The summed E-state index contributed by atoms with van der Waals surface area (Å²) in [6, 6.07) is 1.99. The summed E-state index contributed by atoms with van der Waals surface area (Å²) in [5.74, 6) is 2.75. The van der Waals surface area contributed by atoms with Crippen molar-refractivity contribution in [3.63, 3.8) is 0 Å². The van der Waals surface area contributed by atoms with Crippen LogP contribution in [0.5, 0.6) is 0 Å². The van der Waals surface area contributed by atoms with Crippen molar-refractivity contribution in [2.45, 2.75) is 33.1 Å². The van der Waals surface area contributed by atoms with Gasteiger partial charge in [-0.05, 0) is 26.9 Å². The first kappa shape index (κ1) is 15.7. The maximum absolute atomic E-state index is 4.55. The highest BCUT2D eigenvalue weighted by molar-refractivity contribution is 5.47. The minimum Gasteiger partial charge on any atom is -0.370 e. The quantitative estimate of drug-likeness (QED) is 0.717. The van der Waals surface area contributed by atoms with Crippen molar-refractivity contribution in [3.05, 3.63) is 11.9 Å². The molecular formula is C14H27N5. The number of aromatic nitrogens is 2. The number of likely N-dealkylation sites (N-methyl/N-ethyl adjacent to an activating group) is 1. The van der Waals surface area contributed by atoms with Crippen LogP contribution < -0.4 is 10.6 Å². The summed E-state index contributed by atoms with van der Waals surface area (Å²) < 4.78 is 0. The fourth-order valence-corrected chi connectivity index (χ4v) is 1.67. The largest absolute Gasteiger partial charge is 0.370 e. The topological polar surface area (TPSA) is 53.1 Å². The molecule has 0 unspecified atom stereocenters. The molecule has 1 aromatic heterocycles. The van der Waals surface area contributed by atoms with Crippen molar-refractivity contribution >= 4 is 11.6 Å². The molecule has 19 heavy (non-hydrogen) atoms. The molecule has 0 amide bonds. The average molecular weight is 265 g/mol. The highest BCUT2D eigenvalue weighted by Gasteiger charge is 2.04. The van der Waals surface area contributed by atoms with Gasteiger partial charge < -0.3 is 15.5 Å². The van der Waals surface area contributed by atoms with Gasteiger partial charge in [0, 0.05) is 32.1 Å². The van der Waals surface area contributed by atoms with Crippen LogP contribution in [0.25, 0.3) is 0 Å². The van der Waals surface area contributed by atoms with E-state index in [1.165, 1.54) is 0 Å². The smallest absolute Gasteiger partial charge is 0.133 e. The number of nitrogens with one attached hydrogen (secondary N) is 2. The van der Waals surface area contributed by atoms with Crippen LogP contribution in [0.4, 0.5) is 11.6 Å². The van der Waals surface area contributed by atoms with Gasteiger partial charge in [-0.15, -0.1) is 0 Å². The summed E-state index contributed by atoms with van der Waals surface area (Å²) in [6.07, 6.45) is 3.08. The molecule has 0 aliphatic carbocycles. The molecule has 0 bridgehead atoms. The van der Waals surface area contributed by atoms with Crippen LogP contribution >= 0.6 is 0 Å². The van der Waals surface area contributed by atoms with E-state index in [0.717, 1.165) is 56.4 Å². The van der Waals surface area contributed by atoms with Gasteiger partial charge >= 0.3 is 0 Å². The number of rotatable bonds is 9. The van der Waals surface area contributed by atoms with Gasteiger partial charge in [0.2, 0.25) is 0 Å². The standard InChI is InChI=1S/C14H27N5/c1-5-7-12-17-13(15-8-6-2)11-14(18-12)16-9-10-19(3)4/h11H,5-10H2,1-4H3,(H2,15,16,17,18). The first-order valence-corrected chi connectivity index (χ1v) is 7.16. The number of hydrogen-bond acceptors (Lipinski definition) is 5. The highest BCUT2D eigenvalue weighted by atomic mass is 15.1. The van der Waals surface area contributed by atoms with E-state index < -0.39 is 0 Å². The molecule has 1 rings (SSSR count). The Morgan fingerprint density at radius 2 is 1.63 bits per heavy atom. The predicted octanol–water partition coefficient (Wildman–Crippen LogP) is 2.22. The lowest BCUT2D eigenvalue weighted by Crippen LogP contribution is -2.21. The number of aryl methyl sites for hydroxylation is 1. The molecule has 1 aromatic rings. The Balaban J connectivity index is 2.68. The molecule has 0 aliphatic heterocycles. The fraction of sp³-hybridized carbons (Fsp3) is 0.714. The molecule has 0 saturated carbocycles. The first-order chi connectivity index (χ1) is 9.15. The van der Waals surface area contributed by atoms with Crippen LogP contribution in [-0.4, -0.2) is 48.6 Å². The Morgan fingerprint density at radius 1 is 1.00 bits per heavy atom. The molecule has 0 saturated heterocycles. The van der Waals surface area contributed by atoms with Gasteiger partial charge in [-0.2, -0.15) is 0 Å². The second-order valence-corrected chi connectivity index (χ2v) is 4.96. The van der Waals surface area contributed by atoms with Gasteiger partial charge in [0.25, 0.3) is 0 Å². The van der Waals surface area contributed by atoms with Crippen molar-refractivity contribution in [1.29, 1.82) is 0 Å². The number of hydrogen-bond donors (Lipinski definition) is 2. The van der Waals surface area contributed by atoms with Gasteiger partial charge in [-0.3, -0.25) is 0 Å². The van der Waals surface area contributed by atoms with Crippen molar-refractivity contribution in [3.8, 4) is 0 Å². The van der Waals surface area contributed by atoms with Gasteiger partial charge in [0.15, 0.2) is 0 Å². The maximum Gasteiger partial charge on any atom is 0.133 e. The monoisotopic (exact) mass is 265 g/mol. The Hall–Kier alpha value is -1.36. The zero-order valence-corrected chi connectivity index (χ0v) is 12.7. The Kier molecular flexibility index (Phi) is 7.18. The van der Waals surface area contributed by atoms with Crippen molar-refractivity contribution in [2.24, 2.45) is 0 Å². The van der Waals surface area contributed by atoms with Crippen LogP contribution in [0.3, 0.4) is 0 Å². The maximum atomic E-state index is 4.55. The van der Waals surface area contributed by atoms with Crippen LogP contribution in [0.1, 0.15) is 32.5 Å². The highest BCUT2D eigenvalue weighted by Crippen LogP contribution is 2.12. The Labute approximate surface area is 116 Å². The van der Waals surface area contributed by atoms with Gasteiger partial charge in [-0.1, -0.05) is 13.8 Å². The third-order valence-corrected chi connectivity index (χ3v) is 2.67. The lowest BCUT2D eigenvalue weighted by molar-refractivity contribution is 0.425. The number of anilines is 2. The molecule has 1 heterocycles. The fourth-order valence-electron chi connectivity index (χ4n) is 1.67. The van der Waals surface area contributed by atoms with E-state index in [0.29, 0.717) is 0 Å². The molecule has 0 radical (unpaired) electrons. The summed E-state index contributed by atoms with van der Waals surface area (Å²) in [7, 11) is 4.14. The number of nitrogens with zero attached hydrogens (tertiary/aromatic N) is 3. The predicted molar refractivity (Wildman–Crippen MR) is 81.9 cm³/mol. The molecular weight excluding hydrogens is 238 g/mol. The SMILES string of the molecule is CCCNc1cc(NCCN(C)C)nc(CCC)n1. The average Bonchev–Trinajstić information content (AvgIpc) is 2.36. The normalized spacial score (nSPS) is 10.8. The van der Waals surface area contributed by atoms with Crippen molar-refractivity contribution in [2.75, 3.05) is 44.4 Å². The molecule has 0 aliphatic rings. The zero-order chi connectivity index (χ0) is 14.1. The van der Waals surface area contributed by atoms with E-state index in [2.05, 4.69) is 53.4 Å². The molecule has 5 nitrogen and oxygen atoms in total. The molecule has 0 aromatic carbocycles. The lowest BCUT2D eigenvalue weighted by Gasteiger charge is -2.13. The molecule has 0 atom stereocenters. The molecule has 108 valence electrons. The van der Waals surface area contributed by atoms with E-state index in [-0.39, 0.29) is 0 Å². The van der Waals surface area contributed by atoms with Crippen LogP contribution in [-0.2, 0) is 6.42 Å². The van der Waals surface area contributed by atoms with Crippen LogP contribution in [0.15, 0.2) is 6.07 Å². The van der Waals surface area contributed by atoms with E-state index in [4.69, 9.17) is 0 Å². The van der Waals surface area contributed by atoms with Crippen molar-refractivity contribution < 1.29 is 0 Å². The van der Waals surface area contributed by atoms with E-state index in [1.807, 2.05) is 6.07 Å². The van der Waals surface area contributed by atoms with Gasteiger partial charge in [0.1, 0.15) is 17.5 Å². The van der Waals surface area contributed by atoms with Crippen molar-refractivity contribution in [1.82, 2.24) is 14.9 Å². The summed E-state index contributed by atoms with van der Waals surface area (Å²) in [5, 5.41) is 6.69. The molecule has 0 fully saturated rings. The summed E-state index contributed by atoms with van der Waals surface area (Å²) in [4.78, 5) is 11.2. The molecule has 5 heteroatoms. The second kappa shape index (κ2) is 8.69. The second-order valence-electron chi connectivity index (χ2n) is 4.96. The third-order valence-electron chi connectivity index (χ3n) is 2.67. The van der Waals surface area contributed by atoms with Crippen LogP contribution in [0, 0.1) is 0 Å². The van der Waals surface area contributed by atoms with Crippen LogP contribution in [0.2, 0.25) is 0 Å². The Morgan fingerprint density at radius 3 is 2.16 bits per heavy atom. The summed E-state index contributed by atoms with van der Waals surface area (Å²) >= 11 is 0. The minimum absolute atomic E-state index is 0.892. The molecule has 2 N–H and O–H groups in total. The third kappa shape index (κ3) is 6.38. The molecule has 0 spiro atoms. The summed E-state index contributed by atoms with van der Waals surface area (Å²) in [6.45, 7) is 7.12.